The van der Waals surface area contributed by atoms with Gasteiger partial charge >= 0.3 is 0 Å². The summed E-state index contributed by atoms with van der Waals surface area (Å²) in [5, 5.41) is 4.21. The maximum atomic E-state index is 12.9. The fourth-order valence-corrected chi connectivity index (χ4v) is 5.60. The van der Waals surface area contributed by atoms with Crippen LogP contribution in [-0.2, 0) is 16.1 Å². The van der Waals surface area contributed by atoms with Crippen molar-refractivity contribution in [3.63, 3.8) is 0 Å². The van der Waals surface area contributed by atoms with Gasteiger partial charge in [0.1, 0.15) is 0 Å². The molecule has 0 radical (unpaired) electrons. The van der Waals surface area contributed by atoms with Crippen LogP contribution in [0.15, 0.2) is 65.7 Å². The van der Waals surface area contributed by atoms with Gasteiger partial charge in [0.2, 0.25) is 11.8 Å². The summed E-state index contributed by atoms with van der Waals surface area (Å²) in [6.07, 6.45) is 3.69. The van der Waals surface area contributed by atoms with Gasteiger partial charge < -0.3 is 14.8 Å². The zero-order valence-corrected chi connectivity index (χ0v) is 17.6. The quantitative estimate of drug-likeness (QED) is 0.644. The van der Waals surface area contributed by atoms with Crippen molar-refractivity contribution in [2.24, 2.45) is 5.92 Å². The predicted octanol–water partition coefficient (Wildman–Crippen LogP) is 3.52. The fraction of sp³-hybridized carbons (Fsp3) is 0.333. The standard InChI is InChI=1S/C24H25N3O2S/c28-23-12-18-10-11-26(14-20(18)25-23)24(29)16-30-22-15-27(13-17-6-2-1-3-7-17)21-9-5-4-8-19(21)22/h1-9,15,18,20H,10-14,16H2,(H,25,28)/t18-,20-/m1/s1. The van der Waals surface area contributed by atoms with Crippen LogP contribution in [0.1, 0.15) is 18.4 Å². The van der Waals surface area contributed by atoms with Crippen molar-refractivity contribution in [2.75, 3.05) is 18.8 Å². The van der Waals surface area contributed by atoms with Crippen molar-refractivity contribution >= 4 is 34.5 Å². The van der Waals surface area contributed by atoms with Gasteiger partial charge in [0.15, 0.2) is 0 Å². The normalized spacial score (nSPS) is 20.9. The number of nitrogens with one attached hydrogen (secondary N) is 1. The number of para-hydroxylation sites is 1. The Balaban J connectivity index is 1.28. The number of carbonyl (C=O) groups is 2. The molecule has 2 fully saturated rings. The van der Waals surface area contributed by atoms with E-state index in [1.165, 1.54) is 16.5 Å². The van der Waals surface area contributed by atoms with E-state index in [4.69, 9.17) is 0 Å². The fourth-order valence-electron chi connectivity index (χ4n) is 4.61. The second-order valence-corrected chi connectivity index (χ2v) is 9.20. The number of carbonyl (C=O) groups excluding carboxylic acids is 2. The largest absolute Gasteiger partial charge is 0.351 e. The van der Waals surface area contributed by atoms with E-state index >= 15 is 0 Å². The number of hydrogen-bond donors (Lipinski definition) is 1. The maximum Gasteiger partial charge on any atom is 0.233 e. The first-order valence-electron chi connectivity index (χ1n) is 10.5. The molecule has 6 heteroatoms. The third-order valence-electron chi connectivity index (χ3n) is 6.20. The van der Waals surface area contributed by atoms with E-state index < -0.39 is 0 Å². The zero-order chi connectivity index (χ0) is 20.5. The van der Waals surface area contributed by atoms with Gasteiger partial charge in [-0.2, -0.15) is 0 Å². The lowest BCUT2D eigenvalue weighted by atomic mass is 9.92. The maximum absolute atomic E-state index is 12.9. The van der Waals surface area contributed by atoms with Crippen molar-refractivity contribution < 1.29 is 9.59 Å². The molecular formula is C24H25N3O2S. The van der Waals surface area contributed by atoms with E-state index in [2.05, 4.69) is 64.6 Å². The molecule has 2 saturated heterocycles. The molecule has 2 aliphatic heterocycles. The van der Waals surface area contributed by atoms with E-state index in [0.717, 1.165) is 24.4 Å². The van der Waals surface area contributed by atoms with Crippen molar-refractivity contribution in [3.8, 4) is 0 Å². The Hall–Kier alpha value is -2.73. The summed E-state index contributed by atoms with van der Waals surface area (Å²) in [6, 6.07) is 18.9. The smallest absolute Gasteiger partial charge is 0.233 e. The van der Waals surface area contributed by atoms with Crippen LogP contribution in [0.5, 0.6) is 0 Å². The first-order valence-corrected chi connectivity index (χ1v) is 11.5. The Morgan fingerprint density at radius 1 is 1.10 bits per heavy atom. The number of aromatic nitrogens is 1. The molecule has 3 heterocycles. The Labute approximate surface area is 180 Å². The second-order valence-electron chi connectivity index (χ2n) is 8.18. The molecule has 2 atom stereocenters. The minimum Gasteiger partial charge on any atom is -0.351 e. The average molecular weight is 420 g/mol. The molecule has 2 aromatic carbocycles. The summed E-state index contributed by atoms with van der Waals surface area (Å²) >= 11 is 1.61. The zero-order valence-electron chi connectivity index (χ0n) is 16.8. The highest BCUT2D eigenvalue weighted by atomic mass is 32.2. The Morgan fingerprint density at radius 2 is 1.90 bits per heavy atom. The average Bonchev–Trinajstić information content (AvgIpc) is 3.31. The SMILES string of the molecule is O=C1C[C@H]2CCN(C(=O)CSc3cn(Cc4ccccc4)c4ccccc34)C[C@H]2N1. The molecule has 5 nitrogen and oxygen atoms in total. The van der Waals surface area contributed by atoms with E-state index in [-0.39, 0.29) is 17.9 Å². The lowest BCUT2D eigenvalue weighted by Crippen LogP contribution is -2.49. The van der Waals surface area contributed by atoms with Crippen LogP contribution in [0.4, 0.5) is 0 Å². The van der Waals surface area contributed by atoms with Gasteiger partial charge in [-0.15, -0.1) is 11.8 Å². The Bertz CT molecular complexity index is 1080. The first-order chi connectivity index (χ1) is 14.7. The highest BCUT2D eigenvalue weighted by molar-refractivity contribution is 8.00. The minimum atomic E-state index is 0.125. The van der Waals surface area contributed by atoms with Gasteiger partial charge in [0, 0.05) is 54.1 Å². The molecule has 1 aromatic heterocycles. The number of amides is 2. The first kappa shape index (κ1) is 19.2. The molecule has 1 N–H and O–H groups in total. The van der Waals surface area contributed by atoms with Crippen LogP contribution in [0.2, 0.25) is 0 Å². The molecule has 3 aromatic rings. The number of fused-ring (bicyclic) bond motifs is 2. The minimum absolute atomic E-state index is 0.125. The monoisotopic (exact) mass is 419 g/mol. The van der Waals surface area contributed by atoms with E-state index in [1.54, 1.807) is 11.8 Å². The van der Waals surface area contributed by atoms with Crippen molar-refractivity contribution in [3.05, 3.63) is 66.4 Å². The summed E-state index contributed by atoms with van der Waals surface area (Å²) in [5.41, 5.74) is 2.44. The third kappa shape index (κ3) is 3.84. The number of rotatable bonds is 5. The van der Waals surface area contributed by atoms with Crippen LogP contribution in [0.25, 0.3) is 10.9 Å². The van der Waals surface area contributed by atoms with Gasteiger partial charge in [-0.25, -0.2) is 0 Å². The number of benzene rings is 2. The summed E-state index contributed by atoms with van der Waals surface area (Å²) < 4.78 is 2.26. The highest BCUT2D eigenvalue weighted by Crippen LogP contribution is 2.32. The molecule has 0 bridgehead atoms. The van der Waals surface area contributed by atoms with Crippen molar-refractivity contribution in [1.29, 1.82) is 0 Å². The lowest BCUT2D eigenvalue weighted by molar-refractivity contribution is -0.130. The molecule has 154 valence electrons. The summed E-state index contributed by atoms with van der Waals surface area (Å²) in [7, 11) is 0. The van der Waals surface area contributed by atoms with Crippen molar-refractivity contribution in [2.45, 2.75) is 30.3 Å². The number of nitrogens with zero attached hydrogens (tertiary/aromatic N) is 2. The highest BCUT2D eigenvalue weighted by Gasteiger charge is 2.37. The van der Waals surface area contributed by atoms with E-state index in [1.807, 2.05) is 11.0 Å². The topological polar surface area (TPSA) is 54.3 Å². The van der Waals surface area contributed by atoms with Gasteiger partial charge in [-0.05, 0) is 24.0 Å². The Kier molecular flexibility index (Phi) is 5.25. The summed E-state index contributed by atoms with van der Waals surface area (Å²) in [6.45, 7) is 2.21. The van der Waals surface area contributed by atoms with Crippen molar-refractivity contribution in [1.82, 2.24) is 14.8 Å². The van der Waals surface area contributed by atoms with Crippen LogP contribution in [-0.4, -0.2) is 46.2 Å². The summed E-state index contributed by atoms with van der Waals surface area (Å²) in [5.74, 6) is 1.09. The third-order valence-corrected chi connectivity index (χ3v) is 7.23. The van der Waals surface area contributed by atoms with Crippen LogP contribution < -0.4 is 5.32 Å². The predicted molar refractivity (Wildman–Crippen MR) is 119 cm³/mol. The Morgan fingerprint density at radius 3 is 2.77 bits per heavy atom. The molecule has 2 amide bonds. The molecule has 0 aliphatic carbocycles. The van der Waals surface area contributed by atoms with Crippen LogP contribution >= 0.6 is 11.8 Å². The van der Waals surface area contributed by atoms with Gasteiger partial charge in [-0.3, -0.25) is 9.59 Å². The molecule has 0 saturated carbocycles. The lowest BCUT2D eigenvalue weighted by Gasteiger charge is -2.34. The molecular weight excluding hydrogens is 394 g/mol. The van der Waals surface area contributed by atoms with Gasteiger partial charge in [-0.1, -0.05) is 48.5 Å². The van der Waals surface area contributed by atoms with Gasteiger partial charge in [0.25, 0.3) is 0 Å². The summed E-state index contributed by atoms with van der Waals surface area (Å²) in [4.78, 5) is 27.6. The number of hydrogen-bond acceptors (Lipinski definition) is 3. The van der Waals surface area contributed by atoms with Gasteiger partial charge in [0.05, 0.1) is 5.75 Å². The number of thioether (sulfide) groups is 1. The number of piperidine rings is 1. The number of likely N-dealkylation sites (tertiary alicyclic amines) is 1. The molecule has 0 unspecified atom stereocenters. The molecule has 30 heavy (non-hydrogen) atoms. The molecule has 0 spiro atoms. The molecule has 2 aliphatic rings. The van der Waals surface area contributed by atoms with E-state index in [9.17, 15) is 9.59 Å². The van der Waals surface area contributed by atoms with Crippen LogP contribution in [0.3, 0.4) is 0 Å². The second kappa shape index (κ2) is 8.19. The van der Waals surface area contributed by atoms with Crippen LogP contribution in [0, 0.1) is 5.92 Å². The molecule has 5 rings (SSSR count). The van der Waals surface area contributed by atoms with E-state index in [0.29, 0.717) is 24.6 Å².